The van der Waals surface area contributed by atoms with Gasteiger partial charge in [0.2, 0.25) is 0 Å². The molecule has 1 fully saturated rings. The third-order valence-electron chi connectivity index (χ3n) is 5.37. The van der Waals surface area contributed by atoms with Crippen LogP contribution in [0.4, 0.5) is 5.82 Å². The number of piperidine rings is 1. The van der Waals surface area contributed by atoms with Crippen LogP contribution in [-0.2, 0) is 7.05 Å². The van der Waals surface area contributed by atoms with Crippen LogP contribution in [0.1, 0.15) is 39.0 Å². The molecule has 10 heteroatoms. The summed E-state index contributed by atoms with van der Waals surface area (Å²) in [6.07, 6.45) is 2.85. The first-order valence-corrected chi connectivity index (χ1v) is 11.1. The van der Waals surface area contributed by atoms with Crippen LogP contribution in [0.3, 0.4) is 0 Å². The van der Waals surface area contributed by atoms with E-state index in [1.165, 1.54) is 18.1 Å². The fraction of sp³-hybridized carbons (Fsp3) is 0.350. The van der Waals surface area contributed by atoms with Crippen molar-refractivity contribution < 1.29 is 9.72 Å². The highest BCUT2D eigenvalue weighted by molar-refractivity contribution is 9.10. The van der Waals surface area contributed by atoms with Crippen LogP contribution >= 0.6 is 27.3 Å². The molecule has 3 heterocycles. The first kappa shape index (κ1) is 20.7. The van der Waals surface area contributed by atoms with E-state index in [9.17, 15) is 14.9 Å². The van der Waals surface area contributed by atoms with E-state index in [-0.39, 0.29) is 23.2 Å². The Bertz CT molecular complexity index is 1100. The Balaban J connectivity index is 1.46. The molecular weight excluding hydrogens is 470 g/mol. The van der Waals surface area contributed by atoms with E-state index in [1.807, 2.05) is 12.1 Å². The Morgan fingerprint density at radius 3 is 2.57 bits per heavy atom. The molecule has 0 unspecified atom stereocenters. The predicted octanol–water partition coefficient (Wildman–Crippen LogP) is 4.54. The largest absolute Gasteiger partial charge is 0.358 e. The molecule has 1 aliphatic heterocycles. The summed E-state index contributed by atoms with van der Waals surface area (Å²) >= 11 is 5.17. The van der Waals surface area contributed by atoms with Crippen molar-refractivity contribution in [3.8, 4) is 11.3 Å². The van der Waals surface area contributed by atoms with E-state index >= 15 is 0 Å². The van der Waals surface area contributed by atoms with Gasteiger partial charge in [-0.1, -0.05) is 33.2 Å². The SMILES string of the molecule is Cc1sc(C2CCN(C(=O)c3cnn(C)c3[N+](=O)[O-])CC2)nc1-c1ccc(Br)cc1. The van der Waals surface area contributed by atoms with Crippen LogP contribution in [0.25, 0.3) is 11.3 Å². The topological polar surface area (TPSA) is 94.2 Å². The number of aryl methyl sites for hydroxylation is 2. The van der Waals surface area contributed by atoms with Gasteiger partial charge in [0, 0.05) is 33.9 Å². The third-order valence-corrected chi connectivity index (χ3v) is 7.03. The average molecular weight is 490 g/mol. The molecule has 0 bridgehead atoms. The first-order chi connectivity index (χ1) is 14.3. The number of hydrogen-bond acceptors (Lipinski definition) is 6. The number of nitrogens with zero attached hydrogens (tertiary/aromatic N) is 5. The summed E-state index contributed by atoms with van der Waals surface area (Å²) in [5, 5.41) is 16.2. The molecule has 1 aromatic carbocycles. The van der Waals surface area contributed by atoms with Crippen molar-refractivity contribution in [1.29, 1.82) is 0 Å². The Kier molecular flexibility index (Phi) is 5.70. The van der Waals surface area contributed by atoms with Gasteiger partial charge >= 0.3 is 5.82 Å². The normalized spacial score (nSPS) is 14.8. The molecule has 156 valence electrons. The lowest BCUT2D eigenvalue weighted by Crippen LogP contribution is -2.38. The molecule has 0 radical (unpaired) electrons. The van der Waals surface area contributed by atoms with E-state index in [0.717, 1.165) is 38.3 Å². The zero-order chi connectivity index (χ0) is 21.4. The molecule has 0 aliphatic carbocycles. The lowest BCUT2D eigenvalue weighted by atomic mass is 9.97. The van der Waals surface area contributed by atoms with Crippen LogP contribution in [0.2, 0.25) is 0 Å². The highest BCUT2D eigenvalue weighted by atomic mass is 79.9. The highest BCUT2D eigenvalue weighted by Crippen LogP contribution is 2.36. The number of halogens is 1. The predicted molar refractivity (Wildman–Crippen MR) is 118 cm³/mol. The first-order valence-electron chi connectivity index (χ1n) is 9.54. The van der Waals surface area contributed by atoms with Crippen molar-refractivity contribution in [2.24, 2.45) is 7.05 Å². The van der Waals surface area contributed by atoms with Crippen LogP contribution < -0.4 is 0 Å². The second-order valence-corrected chi connectivity index (χ2v) is 9.44. The minimum Gasteiger partial charge on any atom is -0.358 e. The molecule has 0 N–H and O–H groups in total. The number of thiazole rings is 1. The standard InChI is InChI=1S/C20H20BrN5O3S/c1-12-17(13-3-5-15(21)6-4-13)23-18(30-12)14-7-9-25(10-8-14)20(27)16-11-22-24(2)19(16)26(28)29/h3-6,11,14H,7-10H2,1-2H3. The van der Waals surface area contributed by atoms with Gasteiger partial charge in [0.25, 0.3) is 5.91 Å². The molecule has 8 nitrogen and oxygen atoms in total. The van der Waals surface area contributed by atoms with Crippen molar-refractivity contribution in [2.75, 3.05) is 13.1 Å². The van der Waals surface area contributed by atoms with Gasteiger partial charge < -0.3 is 15.0 Å². The number of aromatic nitrogens is 3. The van der Waals surface area contributed by atoms with Crippen LogP contribution in [0, 0.1) is 17.0 Å². The summed E-state index contributed by atoms with van der Waals surface area (Å²) in [6.45, 7) is 3.17. The minimum atomic E-state index is -0.561. The highest BCUT2D eigenvalue weighted by Gasteiger charge is 2.32. The number of carbonyl (C=O) groups excluding carboxylic acids is 1. The fourth-order valence-electron chi connectivity index (χ4n) is 3.77. The number of likely N-dealkylation sites (tertiary alicyclic amines) is 1. The van der Waals surface area contributed by atoms with Gasteiger partial charge in [-0.25, -0.2) is 4.98 Å². The molecule has 0 atom stereocenters. The Hall–Kier alpha value is -2.59. The Morgan fingerprint density at radius 2 is 1.93 bits per heavy atom. The van der Waals surface area contributed by atoms with E-state index < -0.39 is 4.92 Å². The Labute approximate surface area is 185 Å². The lowest BCUT2D eigenvalue weighted by Gasteiger charge is -2.30. The lowest BCUT2D eigenvalue weighted by molar-refractivity contribution is -0.392. The van der Waals surface area contributed by atoms with Gasteiger partial charge in [0.15, 0.2) is 5.56 Å². The molecule has 0 spiro atoms. The van der Waals surface area contributed by atoms with E-state index in [1.54, 1.807) is 16.2 Å². The second-order valence-electron chi connectivity index (χ2n) is 7.29. The second kappa shape index (κ2) is 8.27. The maximum Gasteiger partial charge on any atom is 0.357 e. The molecule has 3 aromatic rings. The van der Waals surface area contributed by atoms with Crippen molar-refractivity contribution in [2.45, 2.75) is 25.7 Å². The number of amides is 1. The molecular formula is C20H20BrN5O3S. The van der Waals surface area contributed by atoms with Crippen LogP contribution in [-0.4, -0.2) is 43.6 Å². The number of hydrogen-bond donors (Lipinski definition) is 0. The van der Waals surface area contributed by atoms with Crippen molar-refractivity contribution in [3.05, 3.63) is 60.5 Å². The van der Waals surface area contributed by atoms with Crippen molar-refractivity contribution >= 4 is 39.0 Å². The van der Waals surface area contributed by atoms with Crippen LogP contribution in [0.15, 0.2) is 34.9 Å². The number of rotatable bonds is 4. The summed E-state index contributed by atoms with van der Waals surface area (Å²) < 4.78 is 2.16. The van der Waals surface area contributed by atoms with E-state index in [4.69, 9.17) is 4.98 Å². The molecule has 2 aromatic heterocycles. The summed E-state index contributed by atoms with van der Waals surface area (Å²) in [6, 6.07) is 8.13. The Morgan fingerprint density at radius 1 is 1.27 bits per heavy atom. The summed E-state index contributed by atoms with van der Waals surface area (Å²) in [4.78, 5) is 31.3. The maximum atomic E-state index is 12.8. The minimum absolute atomic E-state index is 0.0450. The molecule has 1 amide bonds. The summed E-state index contributed by atoms with van der Waals surface area (Å²) in [5.74, 6) is -0.318. The molecule has 0 saturated carbocycles. The smallest absolute Gasteiger partial charge is 0.357 e. The zero-order valence-corrected chi connectivity index (χ0v) is 18.9. The fourth-order valence-corrected chi connectivity index (χ4v) is 5.14. The van der Waals surface area contributed by atoms with E-state index in [2.05, 4.69) is 40.1 Å². The average Bonchev–Trinajstić information content (AvgIpc) is 3.31. The number of nitro groups is 1. The molecule has 1 aliphatic rings. The zero-order valence-electron chi connectivity index (χ0n) is 16.5. The molecule has 30 heavy (non-hydrogen) atoms. The molecule has 4 rings (SSSR count). The number of benzene rings is 1. The van der Waals surface area contributed by atoms with E-state index in [0.29, 0.717) is 13.1 Å². The van der Waals surface area contributed by atoms with Gasteiger partial charge in [0.05, 0.1) is 16.9 Å². The van der Waals surface area contributed by atoms with Crippen LogP contribution in [0.5, 0.6) is 0 Å². The number of carbonyl (C=O) groups is 1. The monoisotopic (exact) mass is 489 g/mol. The quantitative estimate of drug-likeness (QED) is 0.395. The molecule has 1 saturated heterocycles. The van der Waals surface area contributed by atoms with Gasteiger partial charge in [-0.3, -0.25) is 4.79 Å². The summed E-state index contributed by atoms with van der Waals surface area (Å²) in [5.41, 5.74) is 2.14. The van der Waals surface area contributed by atoms with Gasteiger partial charge in [0.1, 0.15) is 7.05 Å². The summed E-state index contributed by atoms with van der Waals surface area (Å²) in [7, 11) is 1.47. The van der Waals surface area contributed by atoms with Gasteiger partial charge in [-0.15, -0.1) is 16.0 Å². The van der Waals surface area contributed by atoms with Gasteiger partial charge in [-0.2, -0.15) is 0 Å². The van der Waals surface area contributed by atoms with Crippen molar-refractivity contribution in [3.63, 3.8) is 0 Å². The third kappa shape index (κ3) is 3.89. The van der Waals surface area contributed by atoms with Gasteiger partial charge in [-0.05, 0) is 36.8 Å². The maximum absolute atomic E-state index is 12.8. The van der Waals surface area contributed by atoms with Crippen molar-refractivity contribution in [1.82, 2.24) is 19.7 Å².